The van der Waals surface area contributed by atoms with Crippen molar-refractivity contribution in [1.29, 1.82) is 0 Å². The van der Waals surface area contributed by atoms with E-state index in [4.69, 9.17) is 0 Å². The van der Waals surface area contributed by atoms with Crippen LogP contribution in [0.5, 0.6) is 0 Å². The van der Waals surface area contributed by atoms with Crippen molar-refractivity contribution < 1.29 is 15.0 Å². The summed E-state index contributed by atoms with van der Waals surface area (Å²) >= 11 is 0. The number of hydrogen-bond donors (Lipinski definition) is 2. The highest BCUT2D eigenvalue weighted by atomic mass is 16.4. The molecule has 0 spiro atoms. The highest BCUT2D eigenvalue weighted by Gasteiger charge is 2.29. The molecule has 0 aliphatic carbocycles. The van der Waals surface area contributed by atoms with Gasteiger partial charge in [0, 0.05) is 19.6 Å². The number of carbonyl (C=O) groups is 1. The predicted octanol–water partition coefficient (Wildman–Crippen LogP) is 1.44. The molecule has 0 fully saturated rings. The minimum absolute atomic E-state index is 0.342. The lowest BCUT2D eigenvalue weighted by atomic mass is 9.89. The molecule has 1 aromatic carbocycles. The Morgan fingerprint density at radius 1 is 1.50 bits per heavy atom. The number of rotatable bonds is 4. The molecule has 1 aliphatic heterocycles. The highest BCUT2D eigenvalue weighted by molar-refractivity contribution is 5.77. The Kier molecular flexibility index (Phi) is 3.99. The number of aliphatic hydroxyl groups is 1. The van der Waals surface area contributed by atoms with Crippen molar-refractivity contribution in [2.75, 3.05) is 13.1 Å². The van der Waals surface area contributed by atoms with E-state index in [9.17, 15) is 15.0 Å². The van der Waals surface area contributed by atoms with Gasteiger partial charge in [-0.15, -0.1) is 0 Å². The average molecular weight is 249 g/mol. The first-order valence-electron chi connectivity index (χ1n) is 6.29. The maximum Gasteiger partial charge on any atom is 0.312 e. The van der Waals surface area contributed by atoms with Crippen LogP contribution in [0.3, 0.4) is 0 Å². The van der Waals surface area contributed by atoms with Gasteiger partial charge in [-0.2, -0.15) is 0 Å². The summed E-state index contributed by atoms with van der Waals surface area (Å²) < 4.78 is 0. The molecule has 0 saturated carbocycles. The molecule has 0 bridgehead atoms. The van der Waals surface area contributed by atoms with Gasteiger partial charge >= 0.3 is 5.97 Å². The first-order chi connectivity index (χ1) is 8.58. The lowest BCUT2D eigenvalue weighted by Gasteiger charge is -2.33. The topological polar surface area (TPSA) is 60.8 Å². The second-order valence-corrected chi connectivity index (χ2v) is 4.96. The predicted molar refractivity (Wildman–Crippen MR) is 68.4 cm³/mol. The van der Waals surface area contributed by atoms with Crippen molar-refractivity contribution >= 4 is 5.97 Å². The maximum absolute atomic E-state index is 11.3. The zero-order valence-corrected chi connectivity index (χ0v) is 10.5. The first kappa shape index (κ1) is 13.1. The van der Waals surface area contributed by atoms with E-state index in [0.717, 1.165) is 24.2 Å². The normalized spacial score (nSPS) is 21.3. The van der Waals surface area contributed by atoms with Crippen LogP contribution < -0.4 is 0 Å². The Hall–Kier alpha value is -1.39. The number of aliphatic carboxylic acids is 1. The Morgan fingerprint density at radius 3 is 2.89 bits per heavy atom. The van der Waals surface area contributed by atoms with Gasteiger partial charge < -0.3 is 10.2 Å². The number of nitrogens with zero attached hydrogens (tertiary/aromatic N) is 1. The number of aliphatic hydroxyl groups excluding tert-OH is 1. The van der Waals surface area contributed by atoms with Gasteiger partial charge in [-0.25, -0.2) is 0 Å². The van der Waals surface area contributed by atoms with Crippen molar-refractivity contribution in [2.24, 2.45) is 0 Å². The van der Waals surface area contributed by atoms with E-state index in [1.165, 1.54) is 0 Å². The number of benzene rings is 1. The third kappa shape index (κ3) is 2.89. The zero-order valence-electron chi connectivity index (χ0n) is 10.5. The second-order valence-electron chi connectivity index (χ2n) is 4.96. The molecule has 2 rings (SSSR count). The van der Waals surface area contributed by atoms with Crippen molar-refractivity contribution in [1.82, 2.24) is 4.90 Å². The molecule has 2 atom stereocenters. The van der Waals surface area contributed by atoms with Gasteiger partial charge in [0.15, 0.2) is 0 Å². The van der Waals surface area contributed by atoms with Crippen LogP contribution >= 0.6 is 0 Å². The molecule has 98 valence electrons. The third-order valence-electron chi connectivity index (χ3n) is 3.43. The van der Waals surface area contributed by atoms with Gasteiger partial charge in [-0.05, 0) is 24.5 Å². The number of carboxylic acids is 1. The van der Waals surface area contributed by atoms with Crippen molar-refractivity contribution in [2.45, 2.75) is 31.9 Å². The van der Waals surface area contributed by atoms with E-state index in [2.05, 4.69) is 4.90 Å². The minimum atomic E-state index is -0.774. The van der Waals surface area contributed by atoms with E-state index in [0.29, 0.717) is 13.0 Å². The van der Waals surface area contributed by atoms with Crippen molar-refractivity contribution in [3.63, 3.8) is 0 Å². The van der Waals surface area contributed by atoms with E-state index < -0.39 is 11.9 Å². The van der Waals surface area contributed by atoms with Gasteiger partial charge in [-0.3, -0.25) is 9.69 Å². The number of carboxylic acid groups (broad SMARTS) is 1. The van der Waals surface area contributed by atoms with Crippen LogP contribution in [0.25, 0.3) is 0 Å². The minimum Gasteiger partial charge on any atom is -0.481 e. The molecule has 4 heteroatoms. The van der Waals surface area contributed by atoms with Gasteiger partial charge in [0.05, 0.1) is 12.0 Å². The lowest BCUT2D eigenvalue weighted by molar-refractivity contribution is -0.139. The smallest absolute Gasteiger partial charge is 0.312 e. The maximum atomic E-state index is 11.3. The molecule has 1 aliphatic rings. The van der Waals surface area contributed by atoms with E-state index in [-0.39, 0.29) is 6.10 Å². The summed E-state index contributed by atoms with van der Waals surface area (Å²) in [7, 11) is 0. The van der Waals surface area contributed by atoms with Gasteiger partial charge in [-0.1, -0.05) is 24.3 Å². The summed E-state index contributed by atoms with van der Waals surface area (Å²) in [5.41, 5.74) is 2.01. The Labute approximate surface area is 107 Å². The molecule has 18 heavy (non-hydrogen) atoms. The molecule has 2 N–H and O–H groups in total. The monoisotopic (exact) mass is 249 g/mol. The van der Waals surface area contributed by atoms with Gasteiger partial charge in [0.2, 0.25) is 0 Å². The van der Waals surface area contributed by atoms with Gasteiger partial charge in [0.25, 0.3) is 0 Å². The van der Waals surface area contributed by atoms with Crippen molar-refractivity contribution in [3.8, 4) is 0 Å². The van der Waals surface area contributed by atoms with Crippen LogP contribution in [-0.2, 0) is 11.3 Å². The molecule has 0 radical (unpaired) electrons. The van der Waals surface area contributed by atoms with E-state index in [1.54, 1.807) is 6.92 Å². The van der Waals surface area contributed by atoms with Crippen LogP contribution in [0, 0.1) is 0 Å². The van der Waals surface area contributed by atoms with E-state index >= 15 is 0 Å². The fourth-order valence-electron chi connectivity index (χ4n) is 2.43. The summed E-state index contributed by atoms with van der Waals surface area (Å²) in [5, 5.41) is 18.6. The fraction of sp³-hybridized carbons (Fsp3) is 0.500. The molecule has 0 amide bonds. The first-order valence-corrected chi connectivity index (χ1v) is 6.29. The lowest BCUT2D eigenvalue weighted by Crippen LogP contribution is -2.38. The van der Waals surface area contributed by atoms with Gasteiger partial charge in [0.1, 0.15) is 0 Å². The van der Waals surface area contributed by atoms with E-state index in [1.807, 2.05) is 24.3 Å². The van der Waals surface area contributed by atoms with Crippen LogP contribution in [0.15, 0.2) is 24.3 Å². The molecular weight excluding hydrogens is 230 g/mol. The summed E-state index contributed by atoms with van der Waals surface area (Å²) in [6.45, 7) is 3.79. The fourth-order valence-corrected chi connectivity index (χ4v) is 2.43. The molecule has 2 unspecified atom stereocenters. The third-order valence-corrected chi connectivity index (χ3v) is 3.43. The molecule has 1 heterocycles. The van der Waals surface area contributed by atoms with Crippen molar-refractivity contribution in [3.05, 3.63) is 35.4 Å². The Bertz CT molecular complexity index is 431. The number of hydrogen-bond acceptors (Lipinski definition) is 3. The summed E-state index contributed by atoms with van der Waals surface area (Å²) in [6, 6.07) is 7.72. The highest BCUT2D eigenvalue weighted by Crippen LogP contribution is 2.28. The van der Waals surface area contributed by atoms with Crippen LogP contribution in [-0.4, -0.2) is 40.3 Å². The molecular formula is C14H19NO3. The Balaban J connectivity index is 2.15. The van der Waals surface area contributed by atoms with Crippen LogP contribution in [0.1, 0.15) is 30.4 Å². The zero-order chi connectivity index (χ0) is 13.1. The quantitative estimate of drug-likeness (QED) is 0.847. The summed E-state index contributed by atoms with van der Waals surface area (Å²) in [6.07, 6.45) is 0.333. The summed E-state index contributed by atoms with van der Waals surface area (Å²) in [5.74, 6) is -1.23. The average Bonchev–Trinajstić information content (AvgIpc) is 2.35. The SMILES string of the molecule is CC(O)CCN1Cc2ccccc2C(C(=O)O)C1. The Morgan fingerprint density at radius 2 is 2.22 bits per heavy atom. The molecule has 4 nitrogen and oxygen atoms in total. The summed E-state index contributed by atoms with van der Waals surface area (Å²) in [4.78, 5) is 13.4. The molecule has 0 aromatic heterocycles. The number of fused-ring (bicyclic) bond motifs is 1. The van der Waals surface area contributed by atoms with Crippen LogP contribution in [0.4, 0.5) is 0 Å². The largest absolute Gasteiger partial charge is 0.481 e. The molecule has 0 saturated heterocycles. The van der Waals surface area contributed by atoms with Crippen LogP contribution in [0.2, 0.25) is 0 Å². The second kappa shape index (κ2) is 5.50. The molecule has 1 aromatic rings. The standard InChI is InChI=1S/C14H19NO3/c1-10(16)6-7-15-8-11-4-2-3-5-12(11)13(9-15)14(17)18/h2-5,10,13,16H,6-9H2,1H3,(H,17,18).